The molecule has 3 aromatic rings. The number of aromatic nitrogens is 1. The van der Waals surface area contributed by atoms with Gasteiger partial charge in [-0.15, -0.1) is 11.3 Å². The number of nitrogens with one attached hydrogen (secondary N) is 1. The molecule has 0 aliphatic heterocycles. The van der Waals surface area contributed by atoms with Crippen LogP contribution in [-0.2, 0) is 6.42 Å². The molecule has 3 nitrogen and oxygen atoms in total. The smallest absolute Gasteiger partial charge is 0.265 e. The Balaban J connectivity index is 1.65. The highest BCUT2D eigenvalue weighted by atomic mass is 35.5. The summed E-state index contributed by atoms with van der Waals surface area (Å²) in [5.41, 5.74) is 3.16. The number of amides is 1. The van der Waals surface area contributed by atoms with Gasteiger partial charge in [0, 0.05) is 18.1 Å². The minimum Gasteiger partial charge on any atom is -0.321 e. The molecule has 0 saturated carbocycles. The number of thiophene rings is 1. The number of benzene rings is 1. The van der Waals surface area contributed by atoms with E-state index in [1.165, 1.54) is 22.5 Å². The summed E-state index contributed by atoms with van der Waals surface area (Å²) in [6.07, 6.45) is 4.42. The van der Waals surface area contributed by atoms with Gasteiger partial charge in [0.05, 0.1) is 9.21 Å². The predicted octanol–water partition coefficient (Wildman–Crippen LogP) is 4.64. The van der Waals surface area contributed by atoms with Gasteiger partial charge >= 0.3 is 0 Å². The zero-order valence-electron chi connectivity index (χ0n) is 11.6. The first-order valence-electron chi connectivity index (χ1n) is 6.75. The van der Waals surface area contributed by atoms with E-state index in [4.69, 9.17) is 11.6 Å². The van der Waals surface area contributed by atoms with Crippen molar-refractivity contribution in [3.05, 3.63) is 81.3 Å². The topological polar surface area (TPSA) is 42.0 Å². The fraction of sp³-hybridized carbons (Fsp3) is 0.0588. The van der Waals surface area contributed by atoms with Crippen molar-refractivity contribution in [1.29, 1.82) is 0 Å². The fourth-order valence-corrected chi connectivity index (χ4v) is 3.01. The van der Waals surface area contributed by atoms with Crippen LogP contribution in [0.5, 0.6) is 0 Å². The van der Waals surface area contributed by atoms with E-state index >= 15 is 0 Å². The van der Waals surface area contributed by atoms with Crippen LogP contribution in [0.25, 0.3) is 0 Å². The van der Waals surface area contributed by atoms with E-state index < -0.39 is 0 Å². The Morgan fingerprint density at radius 2 is 1.68 bits per heavy atom. The van der Waals surface area contributed by atoms with Gasteiger partial charge in [-0.2, -0.15) is 0 Å². The molecule has 2 heterocycles. The predicted molar refractivity (Wildman–Crippen MR) is 90.8 cm³/mol. The summed E-state index contributed by atoms with van der Waals surface area (Å²) in [4.78, 5) is 16.6. The Bertz CT molecular complexity index is 769. The first-order valence-corrected chi connectivity index (χ1v) is 7.95. The van der Waals surface area contributed by atoms with E-state index in [2.05, 4.69) is 10.3 Å². The summed E-state index contributed by atoms with van der Waals surface area (Å²) < 4.78 is 0.609. The lowest BCUT2D eigenvalue weighted by Crippen LogP contribution is -2.09. The maximum absolute atomic E-state index is 12.0. The monoisotopic (exact) mass is 328 g/mol. The van der Waals surface area contributed by atoms with Gasteiger partial charge in [-0.3, -0.25) is 9.78 Å². The fourth-order valence-electron chi connectivity index (χ4n) is 2.07. The average molecular weight is 329 g/mol. The van der Waals surface area contributed by atoms with Crippen molar-refractivity contribution < 1.29 is 4.79 Å². The lowest BCUT2D eigenvalue weighted by molar-refractivity contribution is 0.103. The zero-order chi connectivity index (χ0) is 15.4. The summed E-state index contributed by atoms with van der Waals surface area (Å²) in [6, 6.07) is 15.3. The minimum absolute atomic E-state index is 0.140. The first kappa shape index (κ1) is 14.8. The van der Waals surface area contributed by atoms with E-state index in [1.807, 2.05) is 36.4 Å². The molecule has 1 N–H and O–H groups in total. The Morgan fingerprint density at radius 1 is 1.00 bits per heavy atom. The number of nitrogens with zero attached hydrogens (tertiary/aromatic N) is 1. The zero-order valence-corrected chi connectivity index (χ0v) is 13.2. The van der Waals surface area contributed by atoms with E-state index in [9.17, 15) is 4.79 Å². The Labute approximate surface area is 137 Å². The molecule has 0 bridgehead atoms. The molecule has 1 aromatic carbocycles. The molecule has 0 aliphatic rings. The van der Waals surface area contributed by atoms with Gasteiger partial charge in [0.1, 0.15) is 0 Å². The van der Waals surface area contributed by atoms with Gasteiger partial charge < -0.3 is 5.32 Å². The van der Waals surface area contributed by atoms with Crippen molar-refractivity contribution in [1.82, 2.24) is 4.98 Å². The van der Waals surface area contributed by atoms with Crippen LogP contribution < -0.4 is 5.32 Å². The third kappa shape index (κ3) is 3.72. The molecule has 0 atom stereocenters. The minimum atomic E-state index is -0.140. The second-order valence-electron chi connectivity index (χ2n) is 4.79. The van der Waals surface area contributed by atoms with Crippen LogP contribution in [0.2, 0.25) is 4.34 Å². The number of carbonyl (C=O) groups excluding carboxylic acids is 1. The molecule has 110 valence electrons. The molecule has 0 saturated heterocycles. The molecule has 0 fully saturated rings. The van der Waals surface area contributed by atoms with Crippen molar-refractivity contribution in [3.63, 3.8) is 0 Å². The SMILES string of the molecule is O=C(Nc1ccc(Cc2ccncc2)cc1)c1ccc(Cl)s1. The van der Waals surface area contributed by atoms with Crippen molar-refractivity contribution in [2.45, 2.75) is 6.42 Å². The summed E-state index contributed by atoms with van der Waals surface area (Å²) in [7, 11) is 0. The lowest BCUT2D eigenvalue weighted by atomic mass is 10.1. The van der Waals surface area contributed by atoms with Crippen molar-refractivity contribution in [2.75, 3.05) is 5.32 Å². The summed E-state index contributed by atoms with van der Waals surface area (Å²) in [5.74, 6) is -0.140. The molecular formula is C17H13ClN2OS. The van der Waals surface area contributed by atoms with Gasteiger partial charge in [0.25, 0.3) is 5.91 Å². The van der Waals surface area contributed by atoms with Crippen LogP contribution in [0, 0.1) is 0 Å². The number of hydrogen-bond acceptors (Lipinski definition) is 3. The van der Waals surface area contributed by atoms with Crippen molar-refractivity contribution in [2.24, 2.45) is 0 Å². The van der Waals surface area contributed by atoms with E-state index in [0.717, 1.165) is 12.1 Å². The number of hydrogen-bond donors (Lipinski definition) is 1. The summed E-state index contributed by atoms with van der Waals surface area (Å²) >= 11 is 7.11. The molecule has 0 aliphatic carbocycles. The largest absolute Gasteiger partial charge is 0.321 e. The van der Waals surface area contributed by atoms with Crippen LogP contribution in [0.1, 0.15) is 20.8 Å². The van der Waals surface area contributed by atoms with E-state index in [1.54, 1.807) is 24.5 Å². The second-order valence-corrected chi connectivity index (χ2v) is 6.50. The molecule has 1 amide bonds. The molecule has 2 aromatic heterocycles. The molecular weight excluding hydrogens is 316 g/mol. The highest BCUT2D eigenvalue weighted by Gasteiger charge is 2.08. The van der Waals surface area contributed by atoms with Crippen LogP contribution in [-0.4, -0.2) is 10.9 Å². The standard InChI is InChI=1S/C17H13ClN2OS/c18-16-6-5-15(22-16)17(21)20-14-3-1-12(2-4-14)11-13-7-9-19-10-8-13/h1-10H,11H2,(H,20,21). The third-order valence-corrected chi connectivity index (χ3v) is 4.40. The molecule has 0 radical (unpaired) electrons. The van der Waals surface area contributed by atoms with Crippen molar-refractivity contribution >= 4 is 34.5 Å². The number of anilines is 1. The van der Waals surface area contributed by atoms with Gasteiger partial charge in [0.15, 0.2) is 0 Å². The van der Waals surface area contributed by atoms with Gasteiger partial charge in [0.2, 0.25) is 0 Å². The summed E-state index contributed by atoms with van der Waals surface area (Å²) in [5, 5.41) is 2.87. The van der Waals surface area contributed by atoms with Gasteiger partial charge in [-0.1, -0.05) is 23.7 Å². The summed E-state index contributed by atoms with van der Waals surface area (Å²) in [6.45, 7) is 0. The number of pyridine rings is 1. The molecule has 3 rings (SSSR count). The maximum Gasteiger partial charge on any atom is 0.265 e. The normalized spacial score (nSPS) is 10.4. The second kappa shape index (κ2) is 6.73. The van der Waals surface area contributed by atoms with E-state index in [0.29, 0.717) is 9.21 Å². The molecule has 0 unspecified atom stereocenters. The van der Waals surface area contributed by atoms with Crippen LogP contribution in [0.3, 0.4) is 0 Å². The Hall–Kier alpha value is -2.17. The number of rotatable bonds is 4. The number of halogens is 1. The first-order chi connectivity index (χ1) is 10.7. The van der Waals surface area contributed by atoms with Crippen molar-refractivity contribution in [3.8, 4) is 0 Å². The highest BCUT2D eigenvalue weighted by molar-refractivity contribution is 7.18. The third-order valence-electron chi connectivity index (χ3n) is 3.17. The maximum atomic E-state index is 12.0. The Kier molecular flexibility index (Phi) is 4.51. The molecule has 0 spiro atoms. The Morgan fingerprint density at radius 3 is 2.32 bits per heavy atom. The van der Waals surface area contributed by atoms with Crippen LogP contribution in [0.15, 0.2) is 60.9 Å². The van der Waals surface area contributed by atoms with Gasteiger partial charge in [-0.25, -0.2) is 0 Å². The van der Waals surface area contributed by atoms with Gasteiger partial charge in [-0.05, 0) is 53.9 Å². The average Bonchev–Trinajstić information content (AvgIpc) is 2.97. The van der Waals surface area contributed by atoms with E-state index in [-0.39, 0.29) is 5.91 Å². The molecule has 22 heavy (non-hydrogen) atoms. The number of carbonyl (C=O) groups is 1. The molecule has 5 heteroatoms. The quantitative estimate of drug-likeness (QED) is 0.758. The van der Waals surface area contributed by atoms with Crippen LogP contribution in [0.4, 0.5) is 5.69 Å². The van der Waals surface area contributed by atoms with Crippen LogP contribution >= 0.6 is 22.9 Å². The highest BCUT2D eigenvalue weighted by Crippen LogP contribution is 2.22. The lowest BCUT2D eigenvalue weighted by Gasteiger charge is -2.06.